The van der Waals surface area contributed by atoms with E-state index in [9.17, 15) is 9.59 Å². The summed E-state index contributed by atoms with van der Waals surface area (Å²) in [6, 6.07) is 16.2. The Morgan fingerprint density at radius 2 is 1.71 bits per heavy atom. The molecule has 2 aromatic carbocycles. The predicted molar refractivity (Wildman–Crippen MR) is 118 cm³/mol. The fourth-order valence-corrected chi connectivity index (χ4v) is 3.64. The lowest BCUT2D eigenvalue weighted by molar-refractivity contribution is -0.133. The van der Waals surface area contributed by atoms with Gasteiger partial charge in [0.05, 0.1) is 25.3 Å². The third kappa shape index (κ3) is 4.67. The Kier molecular flexibility index (Phi) is 5.86. The van der Waals surface area contributed by atoms with Crippen LogP contribution >= 0.6 is 0 Å². The van der Waals surface area contributed by atoms with Crippen LogP contribution in [0.4, 0.5) is 0 Å². The number of primary amides is 1. The van der Waals surface area contributed by atoms with Gasteiger partial charge in [-0.1, -0.05) is 59.7 Å². The number of ether oxygens (including phenoxy) is 1. The lowest BCUT2D eigenvalue weighted by atomic mass is 10.1. The molecule has 0 saturated carbocycles. The van der Waals surface area contributed by atoms with Crippen molar-refractivity contribution in [1.82, 2.24) is 14.7 Å². The van der Waals surface area contributed by atoms with Gasteiger partial charge in [-0.15, -0.1) is 0 Å². The number of hydrogen-bond donors (Lipinski definition) is 1. The van der Waals surface area contributed by atoms with Crippen LogP contribution in [0.5, 0.6) is 0 Å². The average Bonchev–Trinajstić information content (AvgIpc) is 3.19. The summed E-state index contributed by atoms with van der Waals surface area (Å²) in [5, 5.41) is 4.74. The Labute approximate surface area is 181 Å². The van der Waals surface area contributed by atoms with Crippen LogP contribution in [0, 0.1) is 13.8 Å². The first kappa shape index (κ1) is 20.8. The van der Waals surface area contributed by atoms with Crippen molar-refractivity contribution in [2.24, 2.45) is 5.73 Å². The molecule has 0 spiro atoms. The molecule has 2 heterocycles. The molecule has 2 amide bonds. The van der Waals surface area contributed by atoms with E-state index >= 15 is 0 Å². The third-order valence-corrected chi connectivity index (χ3v) is 5.45. The summed E-state index contributed by atoms with van der Waals surface area (Å²) in [6.07, 6.45) is 0.995. The highest BCUT2D eigenvalue weighted by atomic mass is 16.5. The Morgan fingerprint density at radius 3 is 2.35 bits per heavy atom. The molecule has 31 heavy (non-hydrogen) atoms. The monoisotopic (exact) mass is 418 g/mol. The Hall–Kier alpha value is -3.45. The molecule has 0 radical (unpaired) electrons. The molecular formula is C24H26N4O3. The van der Waals surface area contributed by atoms with Gasteiger partial charge in [-0.3, -0.25) is 14.3 Å². The lowest BCUT2D eigenvalue weighted by Gasteiger charge is -2.31. The van der Waals surface area contributed by atoms with E-state index in [2.05, 4.69) is 24.3 Å². The molecule has 0 aliphatic carbocycles. The number of carbonyl (C=O) groups is 2. The van der Waals surface area contributed by atoms with Crippen molar-refractivity contribution >= 4 is 11.8 Å². The SMILES string of the molecule is Cc1ccc(Cn2cc(C(=O)N3CCO[C@H](C(N)=O)C3)c(-c3ccc(C)cc3)n2)cc1. The van der Waals surface area contributed by atoms with E-state index in [0.717, 1.165) is 16.7 Å². The summed E-state index contributed by atoms with van der Waals surface area (Å²) in [7, 11) is 0. The lowest BCUT2D eigenvalue weighted by Crippen LogP contribution is -2.50. The summed E-state index contributed by atoms with van der Waals surface area (Å²) in [5.74, 6) is -0.744. The van der Waals surface area contributed by atoms with E-state index in [1.807, 2.05) is 38.1 Å². The highest BCUT2D eigenvalue weighted by molar-refractivity contribution is 6.00. The summed E-state index contributed by atoms with van der Waals surface area (Å²) in [5.41, 5.74) is 10.8. The normalized spacial score (nSPS) is 16.3. The topological polar surface area (TPSA) is 90.5 Å². The van der Waals surface area contributed by atoms with E-state index in [0.29, 0.717) is 24.3 Å². The Morgan fingerprint density at radius 1 is 1.06 bits per heavy atom. The van der Waals surface area contributed by atoms with Crippen molar-refractivity contribution < 1.29 is 14.3 Å². The quantitative estimate of drug-likeness (QED) is 0.689. The highest BCUT2D eigenvalue weighted by Crippen LogP contribution is 2.25. The van der Waals surface area contributed by atoms with Crippen LogP contribution in [0.3, 0.4) is 0 Å². The third-order valence-electron chi connectivity index (χ3n) is 5.45. The Bertz CT molecular complexity index is 1090. The van der Waals surface area contributed by atoms with Gasteiger partial charge in [0.25, 0.3) is 5.91 Å². The van der Waals surface area contributed by atoms with Crippen molar-refractivity contribution in [2.45, 2.75) is 26.5 Å². The van der Waals surface area contributed by atoms with Crippen LogP contribution in [0.15, 0.2) is 54.7 Å². The van der Waals surface area contributed by atoms with Gasteiger partial charge in [0.15, 0.2) is 6.10 Å². The average molecular weight is 418 g/mol. The first-order valence-corrected chi connectivity index (χ1v) is 10.3. The van der Waals surface area contributed by atoms with E-state index in [1.165, 1.54) is 5.56 Å². The maximum absolute atomic E-state index is 13.4. The molecule has 4 rings (SSSR count). The van der Waals surface area contributed by atoms with E-state index in [4.69, 9.17) is 15.6 Å². The van der Waals surface area contributed by atoms with Crippen LogP contribution < -0.4 is 5.73 Å². The minimum absolute atomic E-state index is 0.143. The molecule has 2 N–H and O–H groups in total. The van der Waals surface area contributed by atoms with Gasteiger partial charge < -0.3 is 15.4 Å². The number of nitrogens with two attached hydrogens (primary N) is 1. The molecule has 3 aromatic rings. The molecule has 1 saturated heterocycles. The number of amides is 2. The first-order chi connectivity index (χ1) is 14.9. The number of aryl methyl sites for hydroxylation is 2. The zero-order valence-electron chi connectivity index (χ0n) is 17.7. The molecule has 0 unspecified atom stereocenters. The Balaban J connectivity index is 1.68. The van der Waals surface area contributed by atoms with Gasteiger partial charge in [-0.25, -0.2) is 0 Å². The number of benzene rings is 2. The van der Waals surface area contributed by atoms with Crippen molar-refractivity contribution in [2.75, 3.05) is 19.7 Å². The number of carbonyl (C=O) groups excluding carboxylic acids is 2. The molecular weight excluding hydrogens is 392 g/mol. The van der Waals surface area contributed by atoms with E-state index in [1.54, 1.807) is 15.8 Å². The number of morpholine rings is 1. The van der Waals surface area contributed by atoms with Gasteiger partial charge in [-0.05, 0) is 19.4 Å². The standard InChI is InChI=1S/C24H26N4O3/c1-16-3-7-18(8-4-16)13-28-14-20(22(26-28)19-9-5-17(2)6-10-19)24(30)27-11-12-31-21(15-27)23(25)29/h3-10,14,21H,11-13,15H2,1-2H3,(H2,25,29)/t21-/m0/s1. The van der Waals surface area contributed by atoms with Crippen molar-refractivity contribution in [1.29, 1.82) is 0 Å². The fraction of sp³-hybridized carbons (Fsp3) is 0.292. The van der Waals surface area contributed by atoms with Crippen LogP contribution in [0.2, 0.25) is 0 Å². The van der Waals surface area contributed by atoms with Crippen LogP contribution in [0.1, 0.15) is 27.0 Å². The predicted octanol–water partition coefficient (Wildman–Crippen LogP) is 2.54. The molecule has 1 fully saturated rings. The summed E-state index contributed by atoms with van der Waals surface area (Å²) in [4.78, 5) is 26.6. The van der Waals surface area contributed by atoms with Crippen LogP contribution in [0.25, 0.3) is 11.3 Å². The molecule has 7 heteroatoms. The first-order valence-electron chi connectivity index (χ1n) is 10.3. The van der Waals surface area contributed by atoms with Crippen molar-refractivity contribution in [3.8, 4) is 11.3 Å². The zero-order chi connectivity index (χ0) is 22.0. The zero-order valence-corrected chi connectivity index (χ0v) is 17.7. The van der Waals surface area contributed by atoms with Crippen LogP contribution in [-0.4, -0.2) is 52.3 Å². The molecule has 1 atom stereocenters. The number of aromatic nitrogens is 2. The number of nitrogens with zero attached hydrogens (tertiary/aromatic N) is 3. The molecule has 160 valence electrons. The van der Waals surface area contributed by atoms with Gasteiger partial charge in [0, 0.05) is 18.3 Å². The van der Waals surface area contributed by atoms with E-state index in [-0.39, 0.29) is 19.1 Å². The summed E-state index contributed by atoms with van der Waals surface area (Å²) in [6.45, 7) is 5.44. The van der Waals surface area contributed by atoms with Gasteiger partial charge in [0.2, 0.25) is 5.91 Å². The number of rotatable bonds is 5. The van der Waals surface area contributed by atoms with Gasteiger partial charge in [0.1, 0.15) is 5.69 Å². The second-order valence-corrected chi connectivity index (χ2v) is 7.95. The molecule has 0 bridgehead atoms. The van der Waals surface area contributed by atoms with Crippen molar-refractivity contribution in [3.05, 3.63) is 77.0 Å². The highest BCUT2D eigenvalue weighted by Gasteiger charge is 2.30. The molecule has 1 aromatic heterocycles. The molecule has 1 aliphatic heterocycles. The van der Waals surface area contributed by atoms with Crippen molar-refractivity contribution in [3.63, 3.8) is 0 Å². The van der Waals surface area contributed by atoms with Crippen LogP contribution in [-0.2, 0) is 16.1 Å². The minimum Gasteiger partial charge on any atom is -0.367 e. The largest absolute Gasteiger partial charge is 0.367 e. The molecule has 1 aliphatic rings. The maximum atomic E-state index is 13.4. The molecule has 7 nitrogen and oxygen atoms in total. The summed E-state index contributed by atoms with van der Waals surface area (Å²) >= 11 is 0. The van der Waals surface area contributed by atoms with Gasteiger partial charge >= 0.3 is 0 Å². The smallest absolute Gasteiger partial charge is 0.257 e. The summed E-state index contributed by atoms with van der Waals surface area (Å²) < 4.78 is 7.18. The second-order valence-electron chi connectivity index (χ2n) is 7.95. The second kappa shape index (κ2) is 8.73. The minimum atomic E-state index is -0.789. The number of hydrogen-bond acceptors (Lipinski definition) is 4. The van der Waals surface area contributed by atoms with E-state index < -0.39 is 12.0 Å². The maximum Gasteiger partial charge on any atom is 0.257 e. The fourth-order valence-electron chi connectivity index (χ4n) is 3.64. The van der Waals surface area contributed by atoms with Gasteiger partial charge in [-0.2, -0.15) is 5.10 Å².